The van der Waals surface area contributed by atoms with Crippen LogP contribution < -0.4 is 15.4 Å². The fourth-order valence-corrected chi connectivity index (χ4v) is 4.11. The number of benzene rings is 1. The van der Waals surface area contributed by atoms with Crippen molar-refractivity contribution in [2.24, 2.45) is 4.99 Å². The van der Waals surface area contributed by atoms with Gasteiger partial charge in [-0.1, -0.05) is 12.1 Å². The van der Waals surface area contributed by atoms with E-state index in [1.165, 1.54) is 0 Å². The summed E-state index contributed by atoms with van der Waals surface area (Å²) in [6.07, 6.45) is 4.43. The highest BCUT2D eigenvalue weighted by molar-refractivity contribution is 14.0. The molecule has 1 unspecified atom stereocenters. The summed E-state index contributed by atoms with van der Waals surface area (Å²) in [5.41, 5.74) is 1.04. The van der Waals surface area contributed by atoms with Gasteiger partial charge in [0.15, 0.2) is 5.96 Å². The first kappa shape index (κ1) is 27.1. The number of ether oxygens (including phenoxy) is 3. The number of likely N-dealkylation sites (N-methyl/N-ethyl adjacent to an activating group) is 1. The molecule has 2 N–H and O–H groups in total. The van der Waals surface area contributed by atoms with Gasteiger partial charge in [0.05, 0.1) is 12.1 Å². The lowest BCUT2D eigenvalue weighted by Crippen LogP contribution is -2.45. The average molecular weight is 561 g/mol. The van der Waals surface area contributed by atoms with Gasteiger partial charge in [-0.3, -0.25) is 4.90 Å². The maximum atomic E-state index is 6.02. The van der Waals surface area contributed by atoms with Gasteiger partial charge in [-0.05, 0) is 64.3 Å². The summed E-state index contributed by atoms with van der Waals surface area (Å²) in [6.45, 7) is 10.6. The van der Waals surface area contributed by atoms with Crippen LogP contribution in [0.5, 0.6) is 5.75 Å². The number of nitrogens with one attached hydrogen (secondary N) is 2. The first-order valence-electron chi connectivity index (χ1n) is 11.7. The van der Waals surface area contributed by atoms with Crippen LogP contribution in [0.3, 0.4) is 0 Å². The molecule has 2 heterocycles. The van der Waals surface area contributed by atoms with Crippen molar-refractivity contribution < 1.29 is 14.2 Å². The summed E-state index contributed by atoms with van der Waals surface area (Å²) in [7, 11) is 2.18. The van der Waals surface area contributed by atoms with E-state index in [-0.39, 0.29) is 29.6 Å². The van der Waals surface area contributed by atoms with Crippen LogP contribution in [0, 0.1) is 0 Å². The molecule has 1 aromatic carbocycles. The fraction of sp³-hybridized carbons (Fsp3) is 0.708. The molecule has 2 aliphatic heterocycles. The highest BCUT2D eigenvalue weighted by Crippen LogP contribution is 2.23. The highest BCUT2D eigenvalue weighted by atomic mass is 127. The topological polar surface area (TPSA) is 67.4 Å². The van der Waals surface area contributed by atoms with E-state index < -0.39 is 0 Å². The van der Waals surface area contributed by atoms with E-state index in [2.05, 4.69) is 48.6 Å². The lowest BCUT2D eigenvalue weighted by atomic mass is 10.0. The summed E-state index contributed by atoms with van der Waals surface area (Å²) >= 11 is 0. The van der Waals surface area contributed by atoms with Gasteiger partial charge in [0.25, 0.3) is 0 Å². The third-order valence-electron chi connectivity index (χ3n) is 6.12. The van der Waals surface area contributed by atoms with E-state index in [1.54, 1.807) is 0 Å². The molecule has 1 aromatic rings. The van der Waals surface area contributed by atoms with Crippen LogP contribution >= 0.6 is 24.0 Å². The second-order valence-electron chi connectivity index (χ2n) is 8.77. The van der Waals surface area contributed by atoms with Gasteiger partial charge in [-0.15, -0.1) is 24.0 Å². The van der Waals surface area contributed by atoms with E-state index in [9.17, 15) is 0 Å². The second-order valence-corrected chi connectivity index (χ2v) is 8.77. The molecule has 0 radical (unpaired) electrons. The van der Waals surface area contributed by atoms with Crippen molar-refractivity contribution in [2.75, 3.05) is 53.1 Å². The Bertz CT molecular complexity index is 692. The third kappa shape index (κ3) is 9.03. The average Bonchev–Trinajstić information content (AvgIpc) is 3.23. The lowest BCUT2D eigenvalue weighted by molar-refractivity contribution is 0.0243. The predicted octanol–water partition coefficient (Wildman–Crippen LogP) is 3.42. The number of aliphatic imine (C=N–C) groups is 1. The van der Waals surface area contributed by atoms with E-state index in [0.29, 0.717) is 19.2 Å². The molecule has 32 heavy (non-hydrogen) atoms. The third-order valence-corrected chi connectivity index (χ3v) is 6.12. The molecule has 0 spiro atoms. The van der Waals surface area contributed by atoms with Gasteiger partial charge in [-0.25, -0.2) is 4.99 Å². The molecule has 0 aromatic heterocycles. The maximum absolute atomic E-state index is 6.02. The largest absolute Gasteiger partial charge is 0.492 e. The van der Waals surface area contributed by atoms with E-state index in [0.717, 1.165) is 82.4 Å². The van der Waals surface area contributed by atoms with E-state index in [4.69, 9.17) is 19.2 Å². The first-order chi connectivity index (χ1) is 15.1. The van der Waals surface area contributed by atoms with Gasteiger partial charge >= 0.3 is 0 Å². The molecule has 0 amide bonds. The Labute approximate surface area is 210 Å². The van der Waals surface area contributed by atoms with E-state index >= 15 is 0 Å². The zero-order chi connectivity index (χ0) is 21.9. The molecule has 0 aliphatic carbocycles. The number of halogens is 1. The molecule has 0 saturated carbocycles. The summed E-state index contributed by atoms with van der Waals surface area (Å²) in [5, 5.41) is 6.76. The monoisotopic (exact) mass is 560 g/mol. The van der Waals surface area contributed by atoms with Crippen molar-refractivity contribution >= 4 is 29.9 Å². The summed E-state index contributed by atoms with van der Waals surface area (Å²) < 4.78 is 17.3. The Hall–Kier alpha value is -1.10. The number of hydrogen-bond donors (Lipinski definition) is 2. The van der Waals surface area contributed by atoms with Crippen molar-refractivity contribution in [3.8, 4) is 5.75 Å². The smallest absolute Gasteiger partial charge is 0.191 e. The molecule has 2 saturated heterocycles. The van der Waals surface area contributed by atoms with Gasteiger partial charge in [0, 0.05) is 45.5 Å². The molecule has 1 atom stereocenters. The van der Waals surface area contributed by atoms with Crippen molar-refractivity contribution in [2.45, 2.75) is 57.7 Å². The Balaban J connectivity index is 0.00000363. The van der Waals surface area contributed by atoms with Crippen molar-refractivity contribution in [1.82, 2.24) is 15.5 Å². The molecule has 2 fully saturated rings. The van der Waals surface area contributed by atoms with Crippen LogP contribution in [-0.2, 0) is 16.0 Å². The van der Waals surface area contributed by atoms with Crippen molar-refractivity contribution in [3.05, 3.63) is 29.8 Å². The number of rotatable bonds is 10. The minimum atomic E-state index is -0.0955. The Morgan fingerprint density at radius 3 is 2.78 bits per heavy atom. The van der Waals surface area contributed by atoms with Crippen molar-refractivity contribution in [3.63, 3.8) is 0 Å². The summed E-state index contributed by atoms with van der Waals surface area (Å²) in [5.74, 6) is 1.72. The summed E-state index contributed by atoms with van der Waals surface area (Å²) in [6, 6.07) is 8.84. The zero-order valence-corrected chi connectivity index (χ0v) is 22.2. The SMILES string of the molecule is CCNC(=NCc1cccc(OCCN(C)C2CCOCC2)c1)NCC1(C)CCCO1.I. The minimum absolute atomic E-state index is 0. The Kier molecular flexibility index (Phi) is 12.1. The van der Waals surface area contributed by atoms with Crippen molar-refractivity contribution in [1.29, 1.82) is 0 Å². The maximum Gasteiger partial charge on any atom is 0.191 e. The Morgan fingerprint density at radius 1 is 1.25 bits per heavy atom. The lowest BCUT2D eigenvalue weighted by Gasteiger charge is -2.31. The molecular weight excluding hydrogens is 519 g/mol. The molecule has 7 nitrogen and oxygen atoms in total. The second kappa shape index (κ2) is 14.2. The summed E-state index contributed by atoms with van der Waals surface area (Å²) in [4.78, 5) is 7.14. The van der Waals surface area contributed by atoms with Crippen LogP contribution in [0.4, 0.5) is 0 Å². The van der Waals surface area contributed by atoms with Crippen LogP contribution in [0.15, 0.2) is 29.3 Å². The van der Waals surface area contributed by atoms with E-state index in [1.807, 2.05) is 12.1 Å². The van der Waals surface area contributed by atoms with Crippen LogP contribution in [0.1, 0.15) is 45.1 Å². The Morgan fingerprint density at radius 2 is 2.06 bits per heavy atom. The quantitative estimate of drug-likeness (QED) is 0.260. The standard InChI is InChI=1S/C24H40N4O3.HI/c1-4-25-23(27-19-24(2)11-6-13-31-24)26-18-20-7-5-8-22(17-20)30-16-12-28(3)21-9-14-29-15-10-21;/h5,7-8,17,21H,4,6,9-16,18-19H2,1-3H3,(H2,25,26,27);1H. The normalized spacial score (nSPS) is 21.9. The molecule has 3 rings (SSSR count). The molecule has 2 aliphatic rings. The van der Waals surface area contributed by atoms with Gasteiger partial charge in [-0.2, -0.15) is 0 Å². The van der Waals surface area contributed by atoms with Crippen LogP contribution in [0.2, 0.25) is 0 Å². The number of nitrogens with zero attached hydrogens (tertiary/aromatic N) is 2. The molecular formula is C24H41IN4O3. The highest BCUT2D eigenvalue weighted by Gasteiger charge is 2.29. The zero-order valence-electron chi connectivity index (χ0n) is 19.9. The first-order valence-corrected chi connectivity index (χ1v) is 11.7. The minimum Gasteiger partial charge on any atom is -0.492 e. The predicted molar refractivity (Wildman–Crippen MR) is 140 cm³/mol. The molecule has 0 bridgehead atoms. The van der Waals surface area contributed by atoms with Crippen LogP contribution in [0.25, 0.3) is 0 Å². The molecule has 182 valence electrons. The van der Waals surface area contributed by atoms with Gasteiger partial charge in [0.1, 0.15) is 12.4 Å². The number of guanidine groups is 1. The number of hydrogen-bond acceptors (Lipinski definition) is 5. The van der Waals surface area contributed by atoms with Gasteiger partial charge in [0.2, 0.25) is 0 Å². The van der Waals surface area contributed by atoms with Gasteiger partial charge < -0.3 is 24.8 Å². The molecule has 8 heteroatoms. The fourth-order valence-electron chi connectivity index (χ4n) is 4.11. The van der Waals surface area contributed by atoms with Crippen LogP contribution in [-0.4, -0.2) is 75.6 Å².